The van der Waals surface area contributed by atoms with E-state index < -0.39 is 408 Å². The molecule has 0 unspecified atom stereocenters. The van der Waals surface area contributed by atoms with Gasteiger partial charge in [0.15, 0.2) is 62.9 Å². The Morgan fingerprint density at radius 1 is 0.202 bits per heavy atom. The monoisotopic (exact) mass is 1880 g/mol. The molecule has 0 radical (unpaired) electrons. The molecule has 0 bridgehead atoms. The Balaban J connectivity index is 1.06. The second-order valence-electron chi connectivity index (χ2n) is 32.5. The number of aliphatic hydroxyl groups is 26. The number of ether oxygens (including phenoxy) is 19. The number of amides is 6. The Morgan fingerprint density at radius 3 is 0.829 bits per heavy atom. The predicted molar refractivity (Wildman–Crippen MR) is 399 cm³/mol. The number of nitrogens with one attached hydrogen (secondary N) is 6. The van der Waals surface area contributed by atoms with Crippen LogP contribution in [0.2, 0.25) is 0 Å². The zero-order valence-electron chi connectivity index (χ0n) is 69.8. The molecule has 129 heavy (non-hydrogen) atoms. The molecular weight excluding hydrogens is 1760 g/mol. The van der Waals surface area contributed by atoms with Crippen molar-refractivity contribution in [2.45, 2.75) is 348 Å². The first kappa shape index (κ1) is 106. The fraction of sp³-hybridized carbons (Fsp3) is 0.917. The van der Waals surface area contributed by atoms with Crippen LogP contribution in [0.1, 0.15) is 41.5 Å². The summed E-state index contributed by atoms with van der Waals surface area (Å²) < 4.78 is 115. The van der Waals surface area contributed by atoms with Gasteiger partial charge < -0.3 is 255 Å². The highest BCUT2D eigenvalue weighted by molar-refractivity contribution is 5.75. The third-order valence-corrected chi connectivity index (χ3v) is 23.3. The molecule has 0 spiro atoms. The van der Waals surface area contributed by atoms with Gasteiger partial charge in [-0.3, -0.25) is 28.8 Å². The zero-order chi connectivity index (χ0) is 95.1. The predicted octanol–water partition coefficient (Wildman–Crippen LogP) is -21.9. The average molecular weight is 1890 g/mol. The van der Waals surface area contributed by atoms with E-state index in [0.717, 1.165) is 41.5 Å². The van der Waals surface area contributed by atoms with Gasteiger partial charge in [0.1, 0.15) is 244 Å². The summed E-state index contributed by atoms with van der Waals surface area (Å²) >= 11 is 0. The van der Waals surface area contributed by atoms with Crippen LogP contribution < -0.4 is 31.9 Å². The largest absolute Gasteiger partial charge is 0.394 e. The number of carbonyl (C=O) groups is 6. The molecule has 10 aliphatic rings. The molecule has 32 N–H and O–H groups in total. The zero-order valence-corrected chi connectivity index (χ0v) is 69.8. The molecule has 0 aromatic carbocycles. The normalized spacial score (nSPS) is 47.5. The SMILES string of the molecule is CC(=O)N[C@@H]1[C@H](O[C@@H]2[C@@H](O[C@@H]3[C@H](O)[C@H](O[C@H]4[C@H](O)[C@@H](NC(C)=O)[C@H](O[C@H]5[C@H](O)[C@@H](NC(C)=O)[C@H](O)O[C@@H]5CO)O[C@@H]4CO)O[C@H](CO[C@H]4O[C@H](CO[C@@H]5O[C@H](CO)[C@@H](O)[C@H](O)[C@H]5NC(C)=O)[C@@H](O)[C@H](O)[C@@H]4O[C@@H]4O[C@H](CO)[C@@H](O)[C@H](O)[C@H]4NC(C)=O)[C@H]3O)O[C@H](CO)[C@@H](O[C@@H]3O[C@H](CO)[C@@H](O[C@@H]4O[C@H](CO)[C@H](O)[C@H](O)[C@H]4O)[C@H](O)[C@H]3NC(C)=O)[C@@H]2O)O[C@H](CO)[C@@H](O)[C@@H]1O. The standard InChI is InChI=1S/C72H120N6O51/c1-17(87)73-33-48(102)56(27(11-83)113-63(33)110)123-67-37(77-21(5)91)50(104)58(29(13-85)118-67)126-70-55(109)60(44(98)32(121-70)16-112-71-61(128-65-35(75-19(3)89)46(100)40(94)24(8-80)115-65)52(106)43(97)31(122-71)15-111-64-34(74-18(2)88)45(99)39(93)23(7-79)114-64)127-72-62(129-66-36(76-20(4)90)47(101)41(95)25(9-81)116-66)54(108)59(30(14-86)120-72)124-68-38(78-22(6)92)49(103)57(28(12-84)119-68)125-69-53(107)51(105)42(96)26(10-82)117-69/h23-72,79-86,93-110H,7-16H2,1-6H3,(H,73,87)(H,74,88)(H,75,89)(H,76,90)(H,77,91)(H,78,92)/t23-,24-,25-,26-,27-,28-,29-,30-,31-,32-,33-,34-,35-,36+,37-,38-,39-,40-,41-,42+,43-,44-,45-,46-,47-,48-,49-,50-,51+,52+,53-,54+,55+,56-,57-,58-,59-,60+,61+,62+,63-,64-,65+,66+,67+,68+,69+,70+,71+,72-/m1/s1. The van der Waals surface area contributed by atoms with Gasteiger partial charge in [0.25, 0.3) is 0 Å². The van der Waals surface area contributed by atoms with Gasteiger partial charge in [-0.05, 0) is 0 Å². The number of hydrogen-bond donors (Lipinski definition) is 32. The molecule has 10 saturated heterocycles. The first-order valence-corrected chi connectivity index (χ1v) is 41.1. The van der Waals surface area contributed by atoms with Crippen molar-refractivity contribution in [3.05, 3.63) is 0 Å². The van der Waals surface area contributed by atoms with E-state index in [1.54, 1.807) is 0 Å². The van der Waals surface area contributed by atoms with Crippen molar-refractivity contribution in [3.8, 4) is 0 Å². The molecular formula is C72H120N6O51. The van der Waals surface area contributed by atoms with E-state index in [2.05, 4.69) is 31.9 Å². The first-order valence-electron chi connectivity index (χ1n) is 41.1. The second kappa shape index (κ2) is 46.7. The van der Waals surface area contributed by atoms with Crippen LogP contribution in [0.3, 0.4) is 0 Å². The highest BCUT2D eigenvalue weighted by Crippen LogP contribution is 2.41. The summed E-state index contributed by atoms with van der Waals surface area (Å²) in [5.41, 5.74) is 0. The topological polar surface area (TPSA) is 876 Å². The summed E-state index contributed by atoms with van der Waals surface area (Å²) in [6, 6.07) is -11.2. The van der Waals surface area contributed by atoms with Gasteiger partial charge >= 0.3 is 0 Å². The fourth-order valence-electron chi connectivity index (χ4n) is 16.6. The highest BCUT2D eigenvalue weighted by Gasteiger charge is 2.62. The molecule has 57 heteroatoms. The molecule has 57 nitrogen and oxygen atoms in total. The summed E-state index contributed by atoms with van der Waals surface area (Å²) in [6.45, 7) is -5.64. The third-order valence-electron chi connectivity index (χ3n) is 23.3. The fourth-order valence-corrected chi connectivity index (χ4v) is 16.6. The van der Waals surface area contributed by atoms with Crippen molar-refractivity contribution in [1.82, 2.24) is 31.9 Å². The molecule has 0 aromatic heterocycles. The maximum atomic E-state index is 13.2. The van der Waals surface area contributed by atoms with E-state index in [-0.39, 0.29) is 0 Å². The third kappa shape index (κ3) is 24.2. The van der Waals surface area contributed by atoms with E-state index >= 15 is 0 Å². The van der Waals surface area contributed by atoms with Gasteiger partial charge in [0, 0.05) is 41.5 Å². The first-order chi connectivity index (χ1) is 61.0. The molecule has 0 aromatic rings. The lowest BCUT2D eigenvalue weighted by Crippen LogP contribution is -2.71. The van der Waals surface area contributed by atoms with Crippen LogP contribution in [0, 0.1) is 0 Å². The van der Waals surface area contributed by atoms with Crippen LogP contribution in [0.25, 0.3) is 0 Å². The van der Waals surface area contributed by atoms with Crippen molar-refractivity contribution >= 4 is 35.4 Å². The number of hydrogen-bond acceptors (Lipinski definition) is 51. The van der Waals surface area contributed by atoms with Gasteiger partial charge in [-0.2, -0.15) is 0 Å². The summed E-state index contributed by atoms with van der Waals surface area (Å²) in [6.07, 6.45) is -94.4. The maximum absolute atomic E-state index is 13.2. The molecule has 744 valence electrons. The Kier molecular flexibility index (Phi) is 38.4. The second-order valence-corrected chi connectivity index (χ2v) is 32.5. The van der Waals surface area contributed by atoms with Gasteiger partial charge in [-0.15, -0.1) is 0 Å². The quantitative estimate of drug-likeness (QED) is 0.0284. The van der Waals surface area contributed by atoms with Crippen LogP contribution in [-0.2, 0) is 119 Å². The van der Waals surface area contributed by atoms with Crippen molar-refractivity contribution in [2.75, 3.05) is 66.1 Å². The van der Waals surface area contributed by atoms with Crippen molar-refractivity contribution in [2.24, 2.45) is 0 Å². The minimum Gasteiger partial charge on any atom is -0.394 e. The summed E-state index contributed by atoms with van der Waals surface area (Å²) in [5, 5.41) is 308. The molecule has 10 aliphatic heterocycles. The maximum Gasteiger partial charge on any atom is 0.217 e. The number of aliphatic hydroxyl groups excluding tert-OH is 26. The van der Waals surface area contributed by atoms with E-state index in [1.165, 1.54) is 0 Å². The van der Waals surface area contributed by atoms with Crippen molar-refractivity contribution < 1.29 is 252 Å². The summed E-state index contributed by atoms with van der Waals surface area (Å²) in [4.78, 5) is 76.7. The molecule has 50 atom stereocenters. The van der Waals surface area contributed by atoms with Crippen LogP contribution >= 0.6 is 0 Å². The van der Waals surface area contributed by atoms with E-state index in [9.17, 15) is 162 Å². The molecule has 10 heterocycles. The van der Waals surface area contributed by atoms with Gasteiger partial charge in [-0.25, -0.2) is 0 Å². The van der Waals surface area contributed by atoms with E-state index in [0.29, 0.717) is 0 Å². The summed E-state index contributed by atoms with van der Waals surface area (Å²) in [5.74, 6) is -5.51. The Hall–Kier alpha value is -4.98. The minimum atomic E-state index is -2.71. The van der Waals surface area contributed by atoms with Crippen molar-refractivity contribution in [3.63, 3.8) is 0 Å². The molecule has 10 rings (SSSR count). The van der Waals surface area contributed by atoms with E-state index in [1.807, 2.05) is 0 Å². The van der Waals surface area contributed by atoms with Gasteiger partial charge in [-0.1, -0.05) is 0 Å². The molecule has 10 fully saturated rings. The van der Waals surface area contributed by atoms with Crippen LogP contribution in [0.4, 0.5) is 0 Å². The van der Waals surface area contributed by atoms with Gasteiger partial charge in [0.2, 0.25) is 35.4 Å². The lowest BCUT2D eigenvalue weighted by Gasteiger charge is -2.52. The number of carbonyl (C=O) groups excluding carboxylic acids is 6. The van der Waals surface area contributed by atoms with E-state index in [4.69, 9.17) is 90.0 Å². The molecule has 0 aliphatic carbocycles. The molecule has 6 amide bonds. The van der Waals surface area contributed by atoms with Crippen LogP contribution in [-0.4, -0.2) is 541 Å². The average Bonchev–Trinajstić information content (AvgIpc) is 0.694. The van der Waals surface area contributed by atoms with Crippen molar-refractivity contribution in [1.29, 1.82) is 0 Å². The Bertz CT molecular complexity index is 3570. The van der Waals surface area contributed by atoms with Crippen LogP contribution in [0.15, 0.2) is 0 Å². The summed E-state index contributed by atoms with van der Waals surface area (Å²) in [7, 11) is 0. The lowest BCUT2D eigenvalue weighted by molar-refractivity contribution is -0.404. The number of rotatable bonds is 34. The molecule has 0 saturated carbocycles. The Labute approximate surface area is 731 Å². The Morgan fingerprint density at radius 2 is 0.442 bits per heavy atom. The highest BCUT2D eigenvalue weighted by atomic mass is 16.8. The minimum absolute atomic E-state index is 0.818. The van der Waals surface area contributed by atoms with Crippen LogP contribution in [0.5, 0.6) is 0 Å². The smallest absolute Gasteiger partial charge is 0.217 e. The lowest BCUT2D eigenvalue weighted by atomic mass is 9.93. The van der Waals surface area contributed by atoms with Gasteiger partial charge in [0.05, 0.1) is 66.1 Å².